The van der Waals surface area contributed by atoms with E-state index in [4.69, 9.17) is 25.7 Å². The van der Waals surface area contributed by atoms with Gasteiger partial charge < -0.3 is 94.2 Å². The molecule has 35 heteroatoms. The number of carboxylic acids is 2. The number of amides is 12. The third-order valence-electron chi connectivity index (χ3n) is 14.1. The minimum Gasteiger partial charge on any atom is -0.481 e. The number of primary amides is 2. The molecule has 3 aliphatic rings. The minimum atomic E-state index is -2.08. The summed E-state index contributed by atoms with van der Waals surface area (Å²) in [6.07, 6.45) is -1.10. The molecule has 2 bridgehead atoms. The van der Waals surface area contributed by atoms with Crippen LogP contribution in [0.3, 0.4) is 0 Å². The van der Waals surface area contributed by atoms with Crippen LogP contribution in [0.4, 0.5) is 4.79 Å². The van der Waals surface area contributed by atoms with Gasteiger partial charge in [0.15, 0.2) is 0 Å². The van der Waals surface area contributed by atoms with Crippen molar-refractivity contribution in [3.8, 4) is 0 Å². The number of hydrogen-bond acceptors (Lipinski definition) is 20. The van der Waals surface area contributed by atoms with Gasteiger partial charge in [-0.05, 0) is 44.6 Å². The predicted octanol–water partition coefficient (Wildman–Crippen LogP) is -5.78. The zero-order valence-electron chi connectivity index (χ0n) is 48.9. The van der Waals surface area contributed by atoms with Crippen molar-refractivity contribution in [3.05, 3.63) is 47.8 Å². The number of benzene rings is 1. The number of nitrogens with two attached hydrogens (primary N) is 2. The Kier molecular flexibility index (Phi) is 29.4. The molecule has 4 heterocycles. The van der Waals surface area contributed by atoms with Gasteiger partial charge in [-0.3, -0.25) is 62.2 Å². The lowest BCUT2D eigenvalue weighted by Crippen LogP contribution is -2.62. The van der Waals surface area contributed by atoms with Gasteiger partial charge in [-0.1, -0.05) is 42.0 Å². The summed E-state index contributed by atoms with van der Waals surface area (Å²) in [6.45, 7) is 1.41. The van der Waals surface area contributed by atoms with Crippen molar-refractivity contribution < 1.29 is 91.9 Å². The molecule has 5 rings (SSSR count). The van der Waals surface area contributed by atoms with Gasteiger partial charge in [-0.25, -0.2) is 4.79 Å². The van der Waals surface area contributed by atoms with E-state index in [0.717, 1.165) is 25.5 Å². The molecule has 1 aromatic heterocycles. The average molecular weight is 1270 g/mol. The lowest BCUT2D eigenvalue weighted by Gasteiger charge is -2.28. The standard InChI is InChI=1S/C54H79N15O19S/c1-29(70)45-53(84)63-35(23-40(55)71)49(80)62-37(25-44(76)77)51(82)60-33(21-30-9-3-2-4-10-30)48(79)61-36(24-43(74)75)50(81)59-32(47(56)78)11-7-8-15-69-26-31(67-68-69)22-34(52(83)65-45)58-42(73)27-88-20-19-87-18-17-86-16-14-57-41(72)13-6-5-12-39-46-38(28-89-39)64-54(85)66-46/h2-4,9-10,26,29,32-39,45-46,70H,5-8,11-25,27-28H2,1H3,(H2,55,71)(H2,56,78)(H,57,72)(H,58,73)(H,59,81)(H,60,82)(H,61,79)(H,62,80)(H,63,84)(H,65,83)(H,74,75)(H,76,77)(H2,64,66,85)/t29?,32-,33-,34-,35-,36-,37-,38+,39+,45-,46+/m0/s1. The summed E-state index contributed by atoms with van der Waals surface area (Å²) in [4.78, 5) is 170. The van der Waals surface area contributed by atoms with Crippen LogP contribution in [0.25, 0.3) is 0 Å². The molecule has 2 aromatic rings. The first kappa shape index (κ1) is 71.2. The number of aromatic nitrogens is 3. The van der Waals surface area contributed by atoms with Crippen molar-refractivity contribution >= 4 is 88.8 Å². The van der Waals surface area contributed by atoms with Gasteiger partial charge in [0.2, 0.25) is 59.1 Å². The number of hydrogen-bond donors (Lipinski definition) is 15. The number of carboxylic acid groups (broad SMARTS) is 2. The van der Waals surface area contributed by atoms with Gasteiger partial charge in [0, 0.05) is 49.6 Å². The highest BCUT2D eigenvalue weighted by molar-refractivity contribution is 8.00. The highest BCUT2D eigenvalue weighted by Crippen LogP contribution is 2.33. The van der Waals surface area contributed by atoms with Crippen LogP contribution in [-0.4, -0.2) is 225 Å². The molecule has 0 radical (unpaired) electrons. The number of unbranched alkanes of at least 4 members (excludes halogenated alkanes) is 1. The van der Waals surface area contributed by atoms with E-state index in [2.05, 4.69) is 63.5 Å². The molecule has 2 saturated heterocycles. The number of fused-ring (bicyclic) bond motifs is 3. The number of ether oxygens (including phenoxy) is 3. The fourth-order valence-corrected chi connectivity index (χ4v) is 11.1. The lowest BCUT2D eigenvalue weighted by atomic mass is 10.0. The SMILES string of the molecule is CC(O)[C@@H]1NC(=O)[C@@H](NC(=O)COCCOCCOCCNC(=O)CCCC[C@H]2SC[C@H]3NC(=O)N[C@H]32)Cc2cn(nn2)CCCC[C@@H](C(N)=O)NC(=O)[C@H](CC(=O)O)NC(=O)[C@H](Cc2ccccc2)NC(=O)[C@H](CC(=O)O)NC(=O)[C@H](CC(N)=O)NC1=O. The maximum absolute atomic E-state index is 14.1. The quantitative estimate of drug-likeness (QED) is 0.0293. The molecular weight excluding hydrogens is 1190 g/mol. The zero-order chi connectivity index (χ0) is 65.0. The summed E-state index contributed by atoms with van der Waals surface area (Å²) >= 11 is 1.83. The van der Waals surface area contributed by atoms with Gasteiger partial charge in [0.05, 0.1) is 76.2 Å². The molecule has 1 unspecified atom stereocenters. The van der Waals surface area contributed by atoms with Gasteiger partial charge in [0.25, 0.3) is 0 Å². The topological polar surface area (TPSA) is 513 Å². The number of aliphatic hydroxyl groups is 1. The second kappa shape index (κ2) is 36.7. The van der Waals surface area contributed by atoms with E-state index < -0.39 is 146 Å². The minimum absolute atomic E-state index is 0.0240. The van der Waals surface area contributed by atoms with E-state index in [-0.39, 0.29) is 95.0 Å². The second-order valence-corrected chi connectivity index (χ2v) is 22.6. The Labute approximate surface area is 514 Å². The highest BCUT2D eigenvalue weighted by Gasteiger charge is 2.43. The summed E-state index contributed by atoms with van der Waals surface area (Å²) in [5, 5.41) is 63.6. The Morgan fingerprint density at radius 2 is 1.31 bits per heavy atom. The number of nitrogens with zero attached hydrogens (tertiary/aromatic N) is 3. The normalized spacial score (nSPS) is 24.5. The largest absolute Gasteiger partial charge is 0.481 e. The molecule has 89 heavy (non-hydrogen) atoms. The van der Waals surface area contributed by atoms with Crippen LogP contribution < -0.4 is 64.6 Å². The van der Waals surface area contributed by atoms with Crippen LogP contribution >= 0.6 is 11.8 Å². The molecular formula is C54H79N15O19S. The fourth-order valence-electron chi connectivity index (χ4n) is 9.58. The number of thioether (sulfide) groups is 1. The third-order valence-corrected chi connectivity index (χ3v) is 15.6. The molecule has 11 atom stereocenters. The Hall–Kier alpha value is -8.54. The molecule has 0 aliphatic carbocycles. The van der Waals surface area contributed by atoms with Crippen LogP contribution in [0.15, 0.2) is 36.5 Å². The number of carbonyl (C=O) groups excluding carboxylic acids is 11. The smallest absolute Gasteiger partial charge is 0.315 e. The third kappa shape index (κ3) is 25.2. The summed E-state index contributed by atoms with van der Waals surface area (Å²) in [5.74, 6) is -13.0. The Morgan fingerprint density at radius 1 is 0.708 bits per heavy atom. The molecule has 34 nitrogen and oxygen atoms in total. The van der Waals surface area contributed by atoms with E-state index in [9.17, 15) is 77.6 Å². The molecule has 12 amide bonds. The van der Waals surface area contributed by atoms with Crippen LogP contribution in [0.5, 0.6) is 0 Å². The van der Waals surface area contributed by atoms with E-state index in [0.29, 0.717) is 30.2 Å². The number of aryl methyl sites for hydroxylation is 1. The Morgan fingerprint density at radius 3 is 1.96 bits per heavy atom. The van der Waals surface area contributed by atoms with E-state index >= 15 is 0 Å². The summed E-state index contributed by atoms with van der Waals surface area (Å²) in [7, 11) is 0. The van der Waals surface area contributed by atoms with Gasteiger partial charge in [-0.15, -0.1) is 5.10 Å². The van der Waals surface area contributed by atoms with Crippen LogP contribution in [0, 0.1) is 0 Å². The maximum atomic E-state index is 14.1. The first-order chi connectivity index (χ1) is 42.4. The summed E-state index contributed by atoms with van der Waals surface area (Å²) in [5.41, 5.74) is 11.6. The maximum Gasteiger partial charge on any atom is 0.315 e. The summed E-state index contributed by atoms with van der Waals surface area (Å²) < 4.78 is 17.8. The molecule has 1 aromatic carbocycles. The fraction of sp³-hybridized carbons (Fsp3) is 0.611. The van der Waals surface area contributed by atoms with Crippen molar-refractivity contribution in [1.82, 2.24) is 68.2 Å². The van der Waals surface area contributed by atoms with Crippen LogP contribution in [0.2, 0.25) is 0 Å². The van der Waals surface area contributed by atoms with Crippen molar-refractivity contribution in [1.29, 1.82) is 0 Å². The van der Waals surface area contributed by atoms with E-state index in [1.165, 1.54) is 10.9 Å². The number of nitrogens with one attached hydrogen (secondary N) is 10. The van der Waals surface area contributed by atoms with Crippen molar-refractivity contribution in [2.45, 2.75) is 156 Å². The molecule has 2 fully saturated rings. The van der Waals surface area contributed by atoms with Gasteiger partial charge >= 0.3 is 18.0 Å². The molecule has 0 spiro atoms. The number of aliphatic hydroxyl groups excluding tert-OH is 1. The van der Waals surface area contributed by atoms with Crippen molar-refractivity contribution in [3.63, 3.8) is 0 Å². The lowest BCUT2D eigenvalue weighted by molar-refractivity contribution is -0.142. The van der Waals surface area contributed by atoms with E-state index in [1.807, 2.05) is 11.8 Å². The molecule has 490 valence electrons. The molecule has 3 aliphatic heterocycles. The van der Waals surface area contributed by atoms with Crippen LogP contribution in [0.1, 0.15) is 82.4 Å². The van der Waals surface area contributed by atoms with Crippen molar-refractivity contribution in [2.75, 3.05) is 51.9 Å². The van der Waals surface area contributed by atoms with Gasteiger partial charge in [0.1, 0.15) is 48.9 Å². The first-order valence-electron chi connectivity index (χ1n) is 28.9. The number of aliphatic carboxylic acids is 2. The predicted molar refractivity (Wildman–Crippen MR) is 310 cm³/mol. The van der Waals surface area contributed by atoms with Crippen LogP contribution in [-0.2, 0) is 91.1 Å². The number of urea groups is 1. The molecule has 17 N–H and O–H groups in total. The summed E-state index contributed by atoms with van der Waals surface area (Å²) in [6, 6.07) is -4.61. The second-order valence-electron chi connectivity index (χ2n) is 21.3. The monoisotopic (exact) mass is 1270 g/mol. The first-order valence-corrected chi connectivity index (χ1v) is 29.9. The van der Waals surface area contributed by atoms with E-state index in [1.54, 1.807) is 30.3 Å². The Bertz CT molecular complexity index is 2800. The molecule has 0 saturated carbocycles. The van der Waals surface area contributed by atoms with Crippen molar-refractivity contribution in [2.24, 2.45) is 11.5 Å². The highest BCUT2D eigenvalue weighted by atomic mass is 32.2. The Balaban J connectivity index is 1.23. The van der Waals surface area contributed by atoms with Gasteiger partial charge in [-0.2, -0.15) is 11.8 Å². The number of rotatable bonds is 27. The zero-order valence-corrected chi connectivity index (χ0v) is 49.8. The number of carbonyl (C=O) groups is 13. The average Bonchev–Trinajstić information content (AvgIpc) is 2.09.